The smallest absolute Gasteiger partial charge is 0.185 e. The van der Waals surface area contributed by atoms with Gasteiger partial charge in [0, 0.05) is 7.05 Å². The molecule has 3 aromatic rings. The number of nitrogens with one attached hydrogen (secondary N) is 1. The Morgan fingerprint density at radius 1 is 1.30 bits per heavy atom. The third-order valence-corrected chi connectivity index (χ3v) is 5.48. The van der Waals surface area contributed by atoms with E-state index in [9.17, 15) is 0 Å². The molecule has 1 aromatic carbocycles. The van der Waals surface area contributed by atoms with Crippen molar-refractivity contribution in [3.63, 3.8) is 0 Å². The lowest BCUT2D eigenvalue weighted by Crippen LogP contribution is -2.12. The van der Waals surface area contributed by atoms with Crippen LogP contribution in [0.5, 0.6) is 5.75 Å². The number of aromatic nitrogens is 3. The molecule has 0 radical (unpaired) electrons. The number of thiazole rings is 1. The molecule has 1 saturated carbocycles. The minimum absolute atomic E-state index is 0.315. The van der Waals surface area contributed by atoms with Crippen LogP contribution in [0.2, 0.25) is 0 Å². The van der Waals surface area contributed by atoms with E-state index in [2.05, 4.69) is 22.5 Å². The molecule has 1 fully saturated rings. The van der Waals surface area contributed by atoms with E-state index < -0.39 is 0 Å². The highest BCUT2D eigenvalue weighted by Crippen LogP contribution is 2.44. The molecule has 1 N–H and O–H groups in total. The Morgan fingerprint density at radius 2 is 2.04 bits per heavy atom. The Kier molecular flexibility index (Phi) is 3.49. The highest BCUT2D eigenvalue weighted by molar-refractivity contribution is 7.22. The summed E-state index contributed by atoms with van der Waals surface area (Å²) in [6.45, 7) is 2.03. The maximum absolute atomic E-state index is 5.26. The molecular weight excluding hydrogens is 308 g/mol. The first kappa shape index (κ1) is 14.5. The molecule has 2 aromatic heterocycles. The number of aryl methyl sites for hydroxylation is 2. The zero-order chi connectivity index (χ0) is 16.0. The first-order chi connectivity index (χ1) is 11.2. The quantitative estimate of drug-likeness (QED) is 0.771. The second-order valence-corrected chi connectivity index (χ2v) is 7.11. The van der Waals surface area contributed by atoms with Crippen LogP contribution in [0.15, 0.2) is 24.3 Å². The Balaban J connectivity index is 1.63. The third kappa shape index (κ3) is 2.67. The summed E-state index contributed by atoms with van der Waals surface area (Å²) in [5.41, 5.74) is 3.29. The molecular formula is C17H20N4OS. The molecule has 0 bridgehead atoms. The highest BCUT2D eigenvalue weighted by atomic mass is 32.1. The van der Waals surface area contributed by atoms with Crippen LogP contribution in [0.25, 0.3) is 10.3 Å². The second-order valence-electron chi connectivity index (χ2n) is 6.11. The number of anilines is 1. The van der Waals surface area contributed by atoms with Gasteiger partial charge < -0.3 is 10.1 Å². The van der Waals surface area contributed by atoms with Gasteiger partial charge in [-0.1, -0.05) is 23.5 Å². The number of hydrogen-bond acceptors (Lipinski definition) is 5. The number of benzene rings is 1. The van der Waals surface area contributed by atoms with Crippen LogP contribution in [0.4, 0.5) is 5.13 Å². The largest absolute Gasteiger partial charge is 0.497 e. The maximum atomic E-state index is 5.26. The van der Waals surface area contributed by atoms with Gasteiger partial charge in [-0.3, -0.25) is 0 Å². The van der Waals surface area contributed by atoms with Gasteiger partial charge in [-0.15, -0.1) is 0 Å². The number of rotatable bonds is 5. The van der Waals surface area contributed by atoms with Gasteiger partial charge in [0.05, 0.1) is 23.5 Å². The number of nitrogens with zero attached hydrogens (tertiary/aromatic N) is 3. The Morgan fingerprint density at radius 3 is 2.65 bits per heavy atom. The summed E-state index contributed by atoms with van der Waals surface area (Å²) in [5.74, 6) is 1.58. The molecule has 5 nitrogen and oxygen atoms in total. The Labute approximate surface area is 139 Å². The summed E-state index contributed by atoms with van der Waals surface area (Å²) in [7, 11) is 3.64. The van der Waals surface area contributed by atoms with Gasteiger partial charge in [0.2, 0.25) is 0 Å². The van der Waals surface area contributed by atoms with Crippen LogP contribution >= 0.6 is 11.3 Å². The fourth-order valence-corrected chi connectivity index (χ4v) is 3.96. The first-order valence-corrected chi connectivity index (χ1v) is 8.68. The van der Waals surface area contributed by atoms with Gasteiger partial charge in [0.1, 0.15) is 5.75 Å². The SMILES string of the molecule is COc1ccc(C(Nc2nc3c(s2)c(C)nn3C)C2CC2)cc1. The van der Waals surface area contributed by atoms with E-state index in [0.29, 0.717) is 12.0 Å². The molecule has 0 amide bonds. The molecule has 0 aliphatic heterocycles. The van der Waals surface area contributed by atoms with E-state index in [0.717, 1.165) is 22.2 Å². The molecule has 4 rings (SSSR count). The van der Waals surface area contributed by atoms with E-state index in [4.69, 9.17) is 9.72 Å². The molecule has 120 valence electrons. The molecule has 1 unspecified atom stereocenters. The molecule has 23 heavy (non-hydrogen) atoms. The Hall–Kier alpha value is -2.08. The van der Waals surface area contributed by atoms with Gasteiger partial charge in [0.15, 0.2) is 10.8 Å². The minimum atomic E-state index is 0.315. The predicted octanol–water partition coefficient (Wildman–Crippen LogP) is 3.91. The van der Waals surface area contributed by atoms with Crippen molar-refractivity contribution in [1.29, 1.82) is 0 Å². The summed E-state index contributed by atoms with van der Waals surface area (Å²) in [4.78, 5) is 4.73. The molecule has 1 aliphatic carbocycles. The van der Waals surface area contributed by atoms with Crippen LogP contribution in [0.3, 0.4) is 0 Å². The van der Waals surface area contributed by atoms with Crippen molar-refractivity contribution in [2.75, 3.05) is 12.4 Å². The molecule has 0 saturated heterocycles. The molecule has 0 spiro atoms. The zero-order valence-electron chi connectivity index (χ0n) is 13.5. The van der Waals surface area contributed by atoms with E-state index in [1.54, 1.807) is 18.4 Å². The second kappa shape index (κ2) is 5.53. The maximum Gasteiger partial charge on any atom is 0.185 e. The van der Waals surface area contributed by atoms with Crippen LogP contribution in [-0.4, -0.2) is 21.9 Å². The summed E-state index contributed by atoms with van der Waals surface area (Å²) < 4.78 is 8.28. The molecule has 1 atom stereocenters. The topological polar surface area (TPSA) is 52.0 Å². The molecule has 1 aliphatic rings. The summed E-state index contributed by atoms with van der Waals surface area (Å²) in [6, 6.07) is 8.66. The number of ether oxygens (including phenoxy) is 1. The molecule has 6 heteroatoms. The number of methoxy groups -OCH3 is 1. The minimum Gasteiger partial charge on any atom is -0.497 e. The Bertz CT molecular complexity index is 798. The van der Waals surface area contributed by atoms with Crippen molar-refractivity contribution in [3.05, 3.63) is 35.5 Å². The van der Waals surface area contributed by atoms with E-state index in [1.165, 1.54) is 23.1 Å². The van der Waals surface area contributed by atoms with Crippen LogP contribution in [0, 0.1) is 12.8 Å². The van der Waals surface area contributed by atoms with Crippen LogP contribution < -0.4 is 10.1 Å². The fourth-order valence-electron chi connectivity index (χ4n) is 2.99. The van der Waals surface area contributed by atoms with Crippen LogP contribution in [-0.2, 0) is 7.05 Å². The summed E-state index contributed by atoms with van der Waals surface area (Å²) in [5, 5.41) is 9.04. The lowest BCUT2D eigenvalue weighted by molar-refractivity contribution is 0.414. The van der Waals surface area contributed by atoms with Gasteiger partial charge in [0.25, 0.3) is 0 Å². The normalized spacial score (nSPS) is 15.8. The third-order valence-electron chi connectivity index (χ3n) is 4.39. The summed E-state index contributed by atoms with van der Waals surface area (Å²) >= 11 is 1.69. The van der Waals surface area contributed by atoms with Gasteiger partial charge in [-0.2, -0.15) is 5.10 Å². The summed E-state index contributed by atoms with van der Waals surface area (Å²) in [6.07, 6.45) is 2.55. The van der Waals surface area contributed by atoms with Crippen molar-refractivity contribution < 1.29 is 4.74 Å². The highest BCUT2D eigenvalue weighted by Gasteiger charge is 2.33. The van der Waals surface area contributed by atoms with Gasteiger partial charge in [-0.25, -0.2) is 9.67 Å². The number of fused-ring (bicyclic) bond motifs is 1. The van der Waals surface area contributed by atoms with Crippen molar-refractivity contribution in [2.45, 2.75) is 25.8 Å². The lowest BCUT2D eigenvalue weighted by Gasteiger charge is -2.18. The standard InChI is InChI=1S/C17H20N4OS/c1-10-15-16(21(2)20-10)19-17(23-15)18-14(11-4-5-11)12-6-8-13(22-3)9-7-12/h6-9,11,14H,4-5H2,1-3H3,(H,18,19). The average molecular weight is 328 g/mol. The zero-order valence-corrected chi connectivity index (χ0v) is 14.4. The van der Waals surface area contributed by atoms with Gasteiger partial charge in [-0.05, 0) is 43.4 Å². The van der Waals surface area contributed by atoms with Crippen molar-refractivity contribution in [2.24, 2.45) is 13.0 Å². The fraction of sp³-hybridized carbons (Fsp3) is 0.412. The van der Waals surface area contributed by atoms with E-state index in [1.807, 2.05) is 30.8 Å². The van der Waals surface area contributed by atoms with Crippen molar-refractivity contribution >= 4 is 26.8 Å². The monoisotopic (exact) mass is 328 g/mol. The van der Waals surface area contributed by atoms with Gasteiger partial charge >= 0.3 is 0 Å². The number of hydrogen-bond donors (Lipinski definition) is 1. The lowest BCUT2D eigenvalue weighted by atomic mass is 10.0. The predicted molar refractivity (Wildman–Crippen MR) is 93.2 cm³/mol. The molecule has 2 heterocycles. The average Bonchev–Trinajstić information content (AvgIpc) is 3.25. The van der Waals surface area contributed by atoms with Crippen molar-refractivity contribution in [3.8, 4) is 5.75 Å². The van der Waals surface area contributed by atoms with Crippen molar-refractivity contribution in [1.82, 2.24) is 14.8 Å². The van der Waals surface area contributed by atoms with Crippen LogP contribution in [0.1, 0.15) is 30.1 Å². The first-order valence-electron chi connectivity index (χ1n) is 7.86. The van der Waals surface area contributed by atoms with E-state index >= 15 is 0 Å². The van der Waals surface area contributed by atoms with E-state index in [-0.39, 0.29) is 0 Å².